The summed E-state index contributed by atoms with van der Waals surface area (Å²) in [6.07, 6.45) is 5.77. The number of piperazine rings is 1. The molecule has 3 aliphatic rings. The third kappa shape index (κ3) is 4.52. The molecular weight excluding hydrogens is 460 g/mol. The van der Waals surface area contributed by atoms with Gasteiger partial charge in [0.05, 0.1) is 19.0 Å². The number of rotatable bonds is 5. The van der Waals surface area contributed by atoms with Crippen LogP contribution in [-0.2, 0) is 9.59 Å². The molecule has 1 N–H and O–H groups in total. The number of hydrogen-bond acceptors (Lipinski definition) is 8. The van der Waals surface area contributed by atoms with E-state index in [1.165, 1.54) is 0 Å². The highest BCUT2D eigenvalue weighted by atomic mass is 16.5. The SMILES string of the molecule is COc1cc(N2CCN(C(C)=O)CC2)ccc1Nc1ncc2c(n1)N(C1CCCC1)C(=O)C(C)(C)O2. The van der Waals surface area contributed by atoms with Gasteiger partial charge in [0.25, 0.3) is 5.91 Å². The van der Waals surface area contributed by atoms with Gasteiger partial charge in [-0.15, -0.1) is 0 Å². The van der Waals surface area contributed by atoms with Crippen molar-refractivity contribution in [3.63, 3.8) is 0 Å². The Morgan fingerprint density at radius 1 is 1.17 bits per heavy atom. The summed E-state index contributed by atoms with van der Waals surface area (Å²) in [6, 6.07) is 6.06. The number of carbonyl (C=O) groups is 2. The Morgan fingerprint density at radius 2 is 1.89 bits per heavy atom. The molecule has 2 aromatic rings. The van der Waals surface area contributed by atoms with Crippen LogP contribution in [0.15, 0.2) is 24.4 Å². The number of nitrogens with zero attached hydrogens (tertiary/aromatic N) is 5. The lowest BCUT2D eigenvalue weighted by Gasteiger charge is -2.40. The molecule has 1 aliphatic carbocycles. The fraction of sp³-hybridized carbons (Fsp3) is 0.538. The fourth-order valence-electron chi connectivity index (χ4n) is 5.25. The Labute approximate surface area is 211 Å². The topological polar surface area (TPSA) is 100 Å². The number of ether oxygens (including phenoxy) is 2. The molecule has 36 heavy (non-hydrogen) atoms. The minimum atomic E-state index is -0.956. The van der Waals surface area contributed by atoms with E-state index in [0.29, 0.717) is 36.4 Å². The zero-order valence-electron chi connectivity index (χ0n) is 21.4. The van der Waals surface area contributed by atoms with Gasteiger partial charge >= 0.3 is 0 Å². The Kier molecular flexibility index (Phi) is 6.36. The Balaban J connectivity index is 1.38. The van der Waals surface area contributed by atoms with Gasteiger partial charge in [0.1, 0.15) is 5.75 Å². The molecule has 2 fully saturated rings. The summed E-state index contributed by atoms with van der Waals surface area (Å²) in [7, 11) is 1.63. The average Bonchev–Trinajstić information content (AvgIpc) is 3.40. The van der Waals surface area contributed by atoms with Gasteiger partial charge in [-0.2, -0.15) is 4.98 Å². The van der Waals surface area contributed by atoms with Gasteiger partial charge in [-0.1, -0.05) is 12.8 Å². The number of carbonyl (C=O) groups excluding carboxylic acids is 2. The van der Waals surface area contributed by atoms with Crippen molar-refractivity contribution in [2.45, 2.75) is 58.1 Å². The molecule has 1 saturated heterocycles. The third-order valence-corrected chi connectivity index (χ3v) is 7.27. The zero-order chi connectivity index (χ0) is 25.4. The van der Waals surface area contributed by atoms with Gasteiger partial charge in [0.15, 0.2) is 17.2 Å². The predicted octanol–water partition coefficient (Wildman–Crippen LogP) is 3.34. The quantitative estimate of drug-likeness (QED) is 0.676. The van der Waals surface area contributed by atoms with Crippen molar-refractivity contribution in [3.8, 4) is 11.5 Å². The first-order valence-corrected chi connectivity index (χ1v) is 12.6. The lowest BCUT2D eigenvalue weighted by Crippen LogP contribution is -2.55. The van der Waals surface area contributed by atoms with Crippen LogP contribution >= 0.6 is 0 Å². The highest BCUT2D eigenvalue weighted by Crippen LogP contribution is 2.41. The average molecular weight is 495 g/mol. The molecule has 10 heteroatoms. The first-order valence-electron chi connectivity index (χ1n) is 12.6. The fourth-order valence-corrected chi connectivity index (χ4v) is 5.25. The van der Waals surface area contributed by atoms with Crippen molar-refractivity contribution in [1.82, 2.24) is 14.9 Å². The van der Waals surface area contributed by atoms with E-state index in [0.717, 1.165) is 50.1 Å². The van der Waals surface area contributed by atoms with Crippen LogP contribution < -0.4 is 24.6 Å². The van der Waals surface area contributed by atoms with E-state index >= 15 is 0 Å². The molecule has 1 aromatic carbocycles. The molecule has 0 atom stereocenters. The standard InChI is InChI=1S/C26H34N6O4/c1-17(33)30-11-13-31(14-12-30)19-9-10-20(21(15-19)35-4)28-25-27-16-22-23(29-25)32(18-7-5-6-8-18)24(34)26(2,3)36-22/h9-10,15-16,18H,5-8,11-14H2,1-4H3,(H,27,28,29). The smallest absolute Gasteiger partial charge is 0.272 e. The number of amides is 2. The van der Waals surface area contributed by atoms with Crippen molar-refractivity contribution in [1.29, 1.82) is 0 Å². The van der Waals surface area contributed by atoms with E-state index in [1.807, 2.05) is 28.0 Å². The summed E-state index contributed by atoms with van der Waals surface area (Å²) in [5.41, 5.74) is 0.794. The van der Waals surface area contributed by atoms with Crippen LogP contribution in [0.25, 0.3) is 0 Å². The summed E-state index contributed by atoms with van der Waals surface area (Å²) in [5, 5.41) is 3.26. The second kappa shape index (κ2) is 9.48. The minimum absolute atomic E-state index is 0.0710. The molecule has 0 spiro atoms. The van der Waals surface area contributed by atoms with Crippen molar-refractivity contribution >= 4 is 35.0 Å². The summed E-state index contributed by atoms with van der Waals surface area (Å²) in [6.45, 7) is 8.14. The van der Waals surface area contributed by atoms with Crippen LogP contribution in [0.4, 0.5) is 23.1 Å². The number of nitrogens with one attached hydrogen (secondary N) is 1. The molecule has 2 aliphatic heterocycles. The number of methoxy groups -OCH3 is 1. The first kappa shape index (κ1) is 24.1. The van der Waals surface area contributed by atoms with Crippen molar-refractivity contribution < 1.29 is 19.1 Å². The summed E-state index contributed by atoms with van der Waals surface area (Å²) in [5.74, 6) is 2.10. The van der Waals surface area contributed by atoms with Gasteiger partial charge in [-0.25, -0.2) is 4.98 Å². The second-order valence-electron chi connectivity index (χ2n) is 10.1. The van der Waals surface area contributed by atoms with Crippen LogP contribution in [0.1, 0.15) is 46.5 Å². The first-order chi connectivity index (χ1) is 17.3. The van der Waals surface area contributed by atoms with Crippen LogP contribution in [-0.4, -0.2) is 71.6 Å². The monoisotopic (exact) mass is 494 g/mol. The molecule has 0 unspecified atom stereocenters. The number of benzene rings is 1. The third-order valence-electron chi connectivity index (χ3n) is 7.27. The summed E-state index contributed by atoms with van der Waals surface area (Å²) >= 11 is 0. The molecule has 0 bridgehead atoms. The number of fused-ring (bicyclic) bond motifs is 1. The lowest BCUT2D eigenvalue weighted by molar-refractivity contribution is -0.133. The van der Waals surface area contributed by atoms with Crippen LogP contribution in [0.3, 0.4) is 0 Å². The number of anilines is 4. The van der Waals surface area contributed by atoms with Gasteiger partial charge < -0.3 is 24.6 Å². The molecule has 1 aromatic heterocycles. The Hall–Kier alpha value is -3.56. The maximum absolute atomic E-state index is 13.3. The van der Waals surface area contributed by atoms with Crippen molar-refractivity contribution in [2.75, 3.05) is 48.4 Å². The second-order valence-corrected chi connectivity index (χ2v) is 10.1. The predicted molar refractivity (Wildman–Crippen MR) is 137 cm³/mol. The van der Waals surface area contributed by atoms with Gasteiger partial charge in [-0.3, -0.25) is 14.5 Å². The van der Waals surface area contributed by atoms with E-state index in [1.54, 1.807) is 34.1 Å². The Bertz CT molecular complexity index is 1160. The Morgan fingerprint density at radius 3 is 2.56 bits per heavy atom. The van der Waals surface area contributed by atoms with Gasteiger partial charge in [0, 0.05) is 50.9 Å². The molecule has 3 heterocycles. The number of hydrogen-bond donors (Lipinski definition) is 1. The van der Waals surface area contributed by atoms with E-state index in [2.05, 4.69) is 15.2 Å². The zero-order valence-corrected chi connectivity index (χ0v) is 21.4. The van der Waals surface area contributed by atoms with Gasteiger partial charge in [-0.05, 0) is 38.8 Å². The molecule has 1 saturated carbocycles. The largest absolute Gasteiger partial charge is 0.494 e. The van der Waals surface area contributed by atoms with E-state index in [-0.39, 0.29) is 17.9 Å². The molecule has 5 rings (SSSR count). The van der Waals surface area contributed by atoms with Crippen molar-refractivity contribution in [2.24, 2.45) is 0 Å². The summed E-state index contributed by atoms with van der Waals surface area (Å²) < 4.78 is 11.6. The highest BCUT2D eigenvalue weighted by molar-refractivity contribution is 6.02. The molecule has 192 valence electrons. The van der Waals surface area contributed by atoms with Gasteiger partial charge in [0.2, 0.25) is 11.9 Å². The van der Waals surface area contributed by atoms with Crippen LogP contribution in [0.5, 0.6) is 11.5 Å². The molecule has 10 nitrogen and oxygen atoms in total. The highest BCUT2D eigenvalue weighted by Gasteiger charge is 2.45. The van der Waals surface area contributed by atoms with Crippen LogP contribution in [0, 0.1) is 0 Å². The molecule has 0 radical (unpaired) electrons. The van der Waals surface area contributed by atoms with E-state index in [4.69, 9.17) is 14.5 Å². The van der Waals surface area contributed by atoms with Crippen molar-refractivity contribution in [3.05, 3.63) is 24.4 Å². The maximum atomic E-state index is 13.3. The van der Waals surface area contributed by atoms with E-state index in [9.17, 15) is 9.59 Å². The number of aromatic nitrogens is 2. The molecular formula is C26H34N6O4. The minimum Gasteiger partial charge on any atom is -0.494 e. The van der Waals surface area contributed by atoms with Crippen LogP contribution in [0.2, 0.25) is 0 Å². The maximum Gasteiger partial charge on any atom is 0.272 e. The normalized spacial score (nSPS) is 19.7. The van der Waals surface area contributed by atoms with E-state index < -0.39 is 5.60 Å². The molecule has 2 amide bonds. The lowest BCUT2D eigenvalue weighted by atomic mass is 10.0. The summed E-state index contributed by atoms with van der Waals surface area (Å²) in [4.78, 5) is 40.0.